The highest BCUT2D eigenvalue weighted by Gasteiger charge is 2.23. The van der Waals surface area contributed by atoms with Crippen molar-refractivity contribution in [1.82, 2.24) is 5.32 Å². The van der Waals surface area contributed by atoms with Gasteiger partial charge in [-0.25, -0.2) is 0 Å². The van der Waals surface area contributed by atoms with Gasteiger partial charge in [0.15, 0.2) is 6.61 Å². The SMILES string of the molecule is Cc1ccc(OCC(=O)NC2CC2)c([C@@H](C)O)c1. The maximum absolute atomic E-state index is 11.5. The van der Waals surface area contributed by atoms with Crippen LogP contribution >= 0.6 is 0 Å². The van der Waals surface area contributed by atoms with E-state index >= 15 is 0 Å². The van der Waals surface area contributed by atoms with E-state index in [2.05, 4.69) is 5.32 Å². The van der Waals surface area contributed by atoms with Crippen LogP contribution in [-0.4, -0.2) is 23.7 Å². The Morgan fingerprint density at radius 1 is 1.56 bits per heavy atom. The molecule has 0 radical (unpaired) electrons. The fourth-order valence-corrected chi connectivity index (χ4v) is 1.77. The zero-order valence-electron chi connectivity index (χ0n) is 10.8. The zero-order valence-corrected chi connectivity index (χ0v) is 10.8. The lowest BCUT2D eigenvalue weighted by atomic mass is 10.1. The van der Waals surface area contributed by atoms with Crippen LogP contribution in [0.5, 0.6) is 5.75 Å². The van der Waals surface area contributed by atoms with Crippen molar-refractivity contribution in [1.29, 1.82) is 0 Å². The Hall–Kier alpha value is -1.55. The van der Waals surface area contributed by atoms with Crippen molar-refractivity contribution >= 4 is 5.91 Å². The van der Waals surface area contributed by atoms with Gasteiger partial charge in [0.25, 0.3) is 5.91 Å². The lowest BCUT2D eigenvalue weighted by Gasteiger charge is -2.14. The fourth-order valence-electron chi connectivity index (χ4n) is 1.77. The average Bonchev–Trinajstić information content (AvgIpc) is 3.11. The van der Waals surface area contributed by atoms with Gasteiger partial charge in [-0.15, -0.1) is 0 Å². The van der Waals surface area contributed by atoms with Crippen LogP contribution in [0.15, 0.2) is 18.2 Å². The molecule has 1 saturated carbocycles. The van der Waals surface area contributed by atoms with Crippen LogP contribution in [0.4, 0.5) is 0 Å². The first-order chi connectivity index (χ1) is 8.56. The highest BCUT2D eigenvalue weighted by Crippen LogP contribution is 2.26. The molecule has 2 rings (SSSR count). The van der Waals surface area contributed by atoms with Gasteiger partial charge in [-0.3, -0.25) is 4.79 Å². The first-order valence-corrected chi connectivity index (χ1v) is 6.27. The van der Waals surface area contributed by atoms with Crippen LogP contribution in [0.1, 0.15) is 37.0 Å². The number of hydrogen-bond donors (Lipinski definition) is 2. The van der Waals surface area contributed by atoms with E-state index in [4.69, 9.17) is 4.74 Å². The number of ether oxygens (including phenoxy) is 1. The molecular formula is C14H19NO3. The minimum Gasteiger partial charge on any atom is -0.483 e. The summed E-state index contributed by atoms with van der Waals surface area (Å²) >= 11 is 0. The van der Waals surface area contributed by atoms with E-state index in [1.165, 1.54) is 0 Å². The Morgan fingerprint density at radius 2 is 2.28 bits per heavy atom. The van der Waals surface area contributed by atoms with Gasteiger partial charge >= 0.3 is 0 Å². The van der Waals surface area contributed by atoms with Crippen molar-refractivity contribution in [3.05, 3.63) is 29.3 Å². The van der Waals surface area contributed by atoms with E-state index in [1.54, 1.807) is 13.0 Å². The second kappa shape index (κ2) is 5.40. The summed E-state index contributed by atoms with van der Waals surface area (Å²) in [6.07, 6.45) is 1.52. The Balaban J connectivity index is 1.96. The highest BCUT2D eigenvalue weighted by atomic mass is 16.5. The molecule has 1 atom stereocenters. The van der Waals surface area contributed by atoms with Crippen LogP contribution in [0.3, 0.4) is 0 Å². The Labute approximate surface area is 107 Å². The molecule has 1 amide bonds. The van der Waals surface area contributed by atoms with Gasteiger partial charge in [-0.1, -0.05) is 11.6 Å². The molecule has 1 aliphatic rings. The molecule has 1 aromatic carbocycles. The number of rotatable bonds is 5. The molecule has 0 heterocycles. The molecule has 0 aromatic heterocycles. The van der Waals surface area contributed by atoms with Crippen LogP contribution < -0.4 is 10.1 Å². The van der Waals surface area contributed by atoms with Crippen LogP contribution in [0, 0.1) is 6.92 Å². The van der Waals surface area contributed by atoms with E-state index in [0.29, 0.717) is 17.4 Å². The van der Waals surface area contributed by atoms with Gasteiger partial charge in [0.2, 0.25) is 0 Å². The lowest BCUT2D eigenvalue weighted by molar-refractivity contribution is -0.123. The summed E-state index contributed by atoms with van der Waals surface area (Å²) in [6, 6.07) is 5.91. The van der Waals surface area contributed by atoms with Crippen molar-refractivity contribution < 1.29 is 14.6 Å². The highest BCUT2D eigenvalue weighted by molar-refractivity contribution is 5.78. The van der Waals surface area contributed by atoms with E-state index in [-0.39, 0.29) is 12.5 Å². The molecular weight excluding hydrogens is 230 g/mol. The van der Waals surface area contributed by atoms with Gasteiger partial charge in [0.1, 0.15) is 5.75 Å². The molecule has 0 spiro atoms. The maximum Gasteiger partial charge on any atom is 0.258 e. The molecule has 98 valence electrons. The van der Waals surface area contributed by atoms with Gasteiger partial charge in [-0.05, 0) is 38.8 Å². The average molecular weight is 249 g/mol. The number of benzene rings is 1. The molecule has 4 heteroatoms. The van der Waals surface area contributed by atoms with Crippen molar-refractivity contribution in [3.8, 4) is 5.75 Å². The lowest BCUT2D eigenvalue weighted by Crippen LogP contribution is -2.30. The van der Waals surface area contributed by atoms with Gasteiger partial charge in [0.05, 0.1) is 6.10 Å². The number of aliphatic hydroxyl groups is 1. The minimum absolute atomic E-state index is 0.000713. The molecule has 4 nitrogen and oxygen atoms in total. The third kappa shape index (κ3) is 3.47. The largest absolute Gasteiger partial charge is 0.483 e. The smallest absolute Gasteiger partial charge is 0.258 e. The number of hydrogen-bond acceptors (Lipinski definition) is 3. The molecule has 0 aliphatic heterocycles. The first kappa shape index (κ1) is 12.9. The Morgan fingerprint density at radius 3 is 2.89 bits per heavy atom. The normalized spacial score (nSPS) is 16.2. The first-order valence-electron chi connectivity index (χ1n) is 6.27. The van der Waals surface area contributed by atoms with E-state index in [1.807, 2.05) is 19.1 Å². The van der Waals surface area contributed by atoms with Crippen LogP contribution in [0.25, 0.3) is 0 Å². The van der Waals surface area contributed by atoms with Gasteiger partial charge in [0, 0.05) is 11.6 Å². The second-order valence-electron chi connectivity index (χ2n) is 4.85. The second-order valence-corrected chi connectivity index (χ2v) is 4.85. The summed E-state index contributed by atoms with van der Waals surface area (Å²) < 4.78 is 5.47. The topological polar surface area (TPSA) is 58.6 Å². The van der Waals surface area contributed by atoms with Gasteiger partial charge < -0.3 is 15.2 Å². The third-order valence-electron chi connectivity index (χ3n) is 2.92. The molecule has 18 heavy (non-hydrogen) atoms. The predicted molar refractivity (Wildman–Crippen MR) is 68.5 cm³/mol. The molecule has 2 N–H and O–H groups in total. The van der Waals surface area contributed by atoms with Crippen molar-refractivity contribution in [2.24, 2.45) is 0 Å². The third-order valence-corrected chi connectivity index (χ3v) is 2.92. The predicted octanol–water partition coefficient (Wildman–Crippen LogP) is 1.71. The van der Waals surface area contributed by atoms with E-state index in [9.17, 15) is 9.90 Å². The summed E-state index contributed by atoms with van der Waals surface area (Å²) in [5.41, 5.74) is 1.77. The molecule has 0 saturated heterocycles. The summed E-state index contributed by atoms with van der Waals surface area (Å²) in [7, 11) is 0. The van der Waals surface area contributed by atoms with E-state index < -0.39 is 6.10 Å². The number of aryl methyl sites for hydroxylation is 1. The Kier molecular flexibility index (Phi) is 3.87. The van der Waals surface area contributed by atoms with Crippen molar-refractivity contribution in [2.45, 2.75) is 38.8 Å². The molecule has 1 aromatic rings. The quantitative estimate of drug-likeness (QED) is 0.835. The summed E-state index contributed by atoms with van der Waals surface area (Å²) in [5.74, 6) is 0.469. The zero-order chi connectivity index (χ0) is 13.1. The summed E-state index contributed by atoms with van der Waals surface area (Å²) in [4.78, 5) is 11.5. The maximum atomic E-state index is 11.5. The summed E-state index contributed by atoms with van der Waals surface area (Å²) in [6.45, 7) is 3.64. The summed E-state index contributed by atoms with van der Waals surface area (Å²) in [5, 5.41) is 12.5. The van der Waals surface area contributed by atoms with Crippen LogP contribution in [-0.2, 0) is 4.79 Å². The fraction of sp³-hybridized carbons (Fsp3) is 0.500. The van der Waals surface area contributed by atoms with Crippen LogP contribution in [0.2, 0.25) is 0 Å². The Bertz CT molecular complexity index is 439. The number of carbonyl (C=O) groups excluding carboxylic acids is 1. The molecule has 1 aliphatic carbocycles. The molecule has 1 fully saturated rings. The minimum atomic E-state index is -0.605. The van der Waals surface area contributed by atoms with E-state index in [0.717, 1.165) is 18.4 Å². The monoisotopic (exact) mass is 249 g/mol. The molecule has 0 unspecified atom stereocenters. The standard InChI is InChI=1S/C14H19NO3/c1-9-3-6-13(12(7-9)10(2)16)18-8-14(17)15-11-4-5-11/h3,6-7,10-11,16H,4-5,8H2,1-2H3,(H,15,17)/t10-/m1/s1. The number of nitrogens with one attached hydrogen (secondary N) is 1. The van der Waals surface area contributed by atoms with Crippen molar-refractivity contribution in [2.75, 3.05) is 6.61 Å². The number of carbonyl (C=O) groups is 1. The molecule has 0 bridgehead atoms. The number of aliphatic hydroxyl groups excluding tert-OH is 1. The van der Waals surface area contributed by atoms with Crippen molar-refractivity contribution in [3.63, 3.8) is 0 Å². The number of amides is 1. The van der Waals surface area contributed by atoms with Gasteiger partial charge in [-0.2, -0.15) is 0 Å².